The minimum atomic E-state index is -0.158. The number of amides is 2. The zero-order valence-corrected chi connectivity index (χ0v) is 10.3. The van der Waals surface area contributed by atoms with Crippen molar-refractivity contribution in [2.45, 2.75) is 46.7 Å². The van der Waals surface area contributed by atoms with Crippen LogP contribution in [0.1, 0.15) is 37.3 Å². The van der Waals surface area contributed by atoms with Gasteiger partial charge in [-0.05, 0) is 27.2 Å². The molecule has 1 aromatic rings. The molecule has 1 heterocycles. The minimum absolute atomic E-state index is 0.158. The van der Waals surface area contributed by atoms with Crippen LogP contribution in [0.15, 0.2) is 4.52 Å². The number of nitrogens with zero attached hydrogens (tertiary/aromatic N) is 1. The second-order valence-corrected chi connectivity index (χ2v) is 3.94. The van der Waals surface area contributed by atoms with E-state index in [1.165, 1.54) is 0 Å². The summed E-state index contributed by atoms with van der Waals surface area (Å²) in [6.45, 7) is 8.14. The molecule has 0 fully saturated rings. The number of hydrogen-bond acceptors (Lipinski definition) is 3. The lowest BCUT2D eigenvalue weighted by molar-refractivity contribution is 0.237. The van der Waals surface area contributed by atoms with Crippen LogP contribution in [0.25, 0.3) is 0 Å². The Kier molecular flexibility index (Phi) is 4.34. The summed E-state index contributed by atoms with van der Waals surface area (Å²) in [6, 6.07) is 0.0269. The van der Waals surface area contributed by atoms with E-state index in [2.05, 4.69) is 15.8 Å². The van der Waals surface area contributed by atoms with Crippen molar-refractivity contribution in [2.24, 2.45) is 0 Å². The van der Waals surface area contributed by atoms with Crippen molar-refractivity contribution >= 4 is 6.03 Å². The summed E-state index contributed by atoms with van der Waals surface area (Å²) < 4.78 is 5.01. The van der Waals surface area contributed by atoms with Crippen molar-refractivity contribution in [3.05, 3.63) is 17.0 Å². The Morgan fingerprint density at radius 3 is 2.69 bits per heavy atom. The first-order chi connectivity index (χ1) is 7.54. The average Bonchev–Trinajstić information content (AvgIpc) is 2.56. The number of carbonyl (C=O) groups excluding carboxylic acids is 1. The topological polar surface area (TPSA) is 67.2 Å². The van der Waals surface area contributed by atoms with E-state index in [0.717, 1.165) is 23.4 Å². The number of hydrogen-bond donors (Lipinski definition) is 2. The van der Waals surface area contributed by atoms with Gasteiger partial charge in [-0.25, -0.2) is 4.79 Å². The van der Waals surface area contributed by atoms with Gasteiger partial charge in [0.2, 0.25) is 0 Å². The molecule has 0 aliphatic carbocycles. The number of aromatic nitrogens is 1. The molecule has 0 bridgehead atoms. The van der Waals surface area contributed by atoms with Crippen molar-refractivity contribution in [1.29, 1.82) is 0 Å². The number of rotatable bonds is 4. The Morgan fingerprint density at radius 1 is 1.50 bits per heavy atom. The van der Waals surface area contributed by atoms with Crippen molar-refractivity contribution < 1.29 is 9.32 Å². The molecule has 1 unspecified atom stereocenters. The highest BCUT2D eigenvalue weighted by atomic mass is 16.5. The first-order valence-corrected chi connectivity index (χ1v) is 5.50. The van der Waals surface area contributed by atoms with Crippen LogP contribution in [-0.2, 0) is 6.54 Å². The van der Waals surface area contributed by atoms with E-state index in [-0.39, 0.29) is 12.1 Å². The fraction of sp³-hybridized carbons (Fsp3) is 0.636. The highest BCUT2D eigenvalue weighted by Gasteiger charge is 2.10. The van der Waals surface area contributed by atoms with Gasteiger partial charge in [0.15, 0.2) is 0 Å². The number of urea groups is 1. The highest BCUT2D eigenvalue weighted by molar-refractivity contribution is 5.74. The van der Waals surface area contributed by atoms with Gasteiger partial charge in [0.05, 0.1) is 5.69 Å². The van der Waals surface area contributed by atoms with Gasteiger partial charge < -0.3 is 15.2 Å². The molecule has 16 heavy (non-hydrogen) atoms. The molecule has 0 radical (unpaired) electrons. The fourth-order valence-electron chi connectivity index (χ4n) is 1.30. The summed E-state index contributed by atoms with van der Waals surface area (Å²) in [5, 5.41) is 9.44. The van der Waals surface area contributed by atoms with Gasteiger partial charge in [0.1, 0.15) is 5.76 Å². The molecule has 0 saturated heterocycles. The van der Waals surface area contributed by atoms with Gasteiger partial charge >= 0.3 is 6.03 Å². The predicted octanol–water partition coefficient (Wildman–Crippen LogP) is 1.89. The van der Waals surface area contributed by atoms with E-state index in [1.54, 1.807) is 0 Å². The number of carbonyl (C=O) groups is 1. The van der Waals surface area contributed by atoms with Gasteiger partial charge in [0.25, 0.3) is 0 Å². The second-order valence-electron chi connectivity index (χ2n) is 3.94. The van der Waals surface area contributed by atoms with E-state index in [9.17, 15) is 4.79 Å². The average molecular weight is 225 g/mol. The van der Waals surface area contributed by atoms with E-state index in [1.807, 2.05) is 27.7 Å². The van der Waals surface area contributed by atoms with Crippen LogP contribution in [0.4, 0.5) is 4.79 Å². The molecule has 5 heteroatoms. The SMILES string of the molecule is CCC(C)NC(=O)NCc1c(C)noc1C. The summed E-state index contributed by atoms with van der Waals surface area (Å²) in [5.74, 6) is 0.751. The Hall–Kier alpha value is -1.52. The maximum atomic E-state index is 11.5. The van der Waals surface area contributed by atoms with Crippen LogP contribution in [0.3, 0.4) is 0 Å². The van der Waals surface area contributed by atoms with Crippen molar-refractivity contribution in [2.75, 3.05) is 0 Å². The van der Waals surface area contributed by atoms with Gasteiger partial charge in [-0.3, -0.25) is 0 Å². The summed E-state index contributed by atoms with van der Waals surface area (Å²) >= 11 is 0. The molecule has 0 aliphatic rings. The molecule has 0 spiro atoms. The second kappa shape index (κ2) is 5.53. The Morgan fingerprint density at radius 2 is 2.19 bits per heavy atom. The summed E-state index contributed by atoms with van der Waals surface area (Å²) in [4.78, 5) is 11.5. The van der Waals surface area contributed by atoms with Gasteiger partial charge in [-0.15, -0.1) is 0 Å². The molecule has 0 aromatic carbocycles. The maximum Gasteiger partial charge on any atom is 0.315 e. The largest absolute Gasteiger partial charge is 0.361 e. The lowest BCUT2D eigenvalue weighted by Crippen LogP contribution is -2.40. The van der Waals surface area contributed by atoms with Crippen LogP contribution in [0.2, 0.25) is 0 Å². The van der Waals surface area contributed by atoms with E-state index < -0.39 is 0 Å². The molecule has 1 aromatic heterocycles. The zero-order valence-electron chi connectivity index (χ0n) is 10.3. The van der Waals surface area contributed by atoms with Crippen LogP contribution >= 0.6 is 0 Å². The van der Waals surface area contributed by atoms with Crippen molar-refractivity contribution in [3.8, 4) is 0 Å². The number of aryl methyl sites for hydroxylation is 2. The summed E-state index contributed by atoms with van der Waals surface area (Å²) in [5.41, 5.74) is 1.76. The molecule has 1 atom stereocenters. The van der Waals surface area contributed by atoms with Crippen LogP contribution in [0, 0.1) is 13.8 Å². The molecule has 1 rings (SSSR count). The van der Waals surface area contributed by atoms with Crippen LogP contribution in [-0.4, -0.2) is 17.2 Å². The molecule has 2 N–H and O–H groups in total. The van der Waals surface area contributed by atoms with Crippen LogP contribution in [0.5, 0.6) is 0 Å². The lowest BCUT2D eigenvalue weighted by atomic mass is 10.2. The molecular formula is C11H19N3O2. The van der Waals surface area contributed by atoms with Gasteiger partial charge in [-0.2, -0.15) is 0 Å². The lowest BCUT2D eigenvalue weighted by Gasteiger charge is -2.12. The quantitative estimate of drug-likeness (QED) is 0.822. The highest BCUT2D eigenvalue weighted by Crippen LogP contribution is 2.11. The molecule has 2 amide bonds. The third-order valence-corrected chi connectivity index (χ3v) is 2.60. The fourth-order valence-corrected chi connectivity index (χ4v) is 1.30. The molecule has 0 saturated carbocycles. The van der Waals surface area contributed by atoms with Crippen LogP contribution < -0.4 is 10.6 Å². The van der Waals surface area contributed by atoms with Crippen molar-refractivity contribution in [1.82, 2.24) is 15.8 Å². The third-order valence-electron chi connectivity index (χ3n) is 2.60. The Balaban J connectivity index is 2.43. The smallest absolute Gasteiger partial charge is 0.315 e. The minimum Gasteiger partial charge on any atom is -0.361 e. The van der Waals surface area contributed by atoms with Gasteiger partial charge in [-0.1, -0.05) is 12.1 Å². The van der Waals surface area contributed by atoms with Gasteiger partial charge in [0, 0.05) is 18.2 Å². The van der Waals surface area contributed by atoms with E-state index >= 15 is 0 Å². The first-order valence-electron chi connectivity index (χ1n) is 5.50. The molecule has 5 nitrogen and oxygen atoms in total. The summed E-state index contributed by atoms with van der Waals surface area (Å²) in [7, 11) is 0. The number of nitrogens with one attached hydrogen (secondary N) is 2. The zero-order chi connectivity index (χ0) is 12.1. The summed E-state index contributed by atoms with van der Waals surface area (Å²) in [6.07, 6.45) is 0.915. The van der Waals surface area contributed by atoms with E-state index in [4.69, 9.17) is 4.52 Å². The molecular weight excluding hydrogens is 206 g/mol. The van der Waals surface area contributed by atoms with E-state index in [0.29, 0.717) is 6.54 Å². The molecule has 0 aliphatic heterocycles. The third kappa shape index (κ3) is 3.25. The predicted molar refractivity (Wildman–Crippen MR) is 61.1 cm³/mol. The Labute approximate surface area is 95.6 Å². The maximum absolute atomic E-state index is 11.5. The first kappa shape index (κ1) is 12.5. The Bertz CT molecular complexity index is 341. The standard InChI is InChI=1S/C11H19N3O2/c1-5-7(2)13-11(15)12-6-10-8(3)14-16-9(10)4/h7H,5-6H2,1-4H3,(H2,12,13,15). The normalized spacial score (nSPS) is 12.2. The molecule has 90 valence electrons. The van der Waals surface area contributed by atoms with Crippen molar-refractivity contribution in [3.63, 3.8) is 0 Å². The monoisotopic (exact) mass is 225 g/mol.